The molecule has 0 fully saturated rings. The molecule has 1 aliphatic heterocycles. The van der Waals surface area contributed by atoms with Crippen molar-refractivity contribution in [2.75, 3.05) is 39.2 Å². The number of carbonyl (C=O) groups is 1. The van der Waals surface area contributed by atoms with Gasteiger partial charge in [-0.1, -0.05) is 12.1 Å². The van der Waals surface area contributed by atoms with Crippen LogP contribution in [0.4, 0.5) is 5.69 Å². The van der Waals surface area contributed by atoms with Gasteiger partial charge in [-0.25, -0.2) is 0 Å². The predicted molar refractivity (Wildman–Crippen MR) is 95.4 cm³/mol. The van der Waals surface area contributed by atoms with Gasteiger partial charge in [-0.05, 0) is 36.9 Å². The highest BCUT2D eigenvalue weighted by atomic mass is 16.6. The van der Waals surface area contributed by atoms with Gasteiger partial charge < -0.3 is 19.5 Å². The smallest absolute Gasteiger partial charge is 0.238 e. The highest BCUT2D eigenvalue weighted by Crippen LogP contribution is 2.32. The Kier molecular flexibility index (Phi) is 5.40. The van der Waals surface area contributed by atoms with Crippen LogP contribution in [0.15, 0.2) is 42.5 Å². The van der Waals surface area contributed by atoms with Crippen molar-refractivity contribution in [3.8, 4) is 17.2 Å². The molecule has 132 valence electrons. The van der Waals surface area contributed by atoms with Gasteiger partial charge in [0.2, 0.25) is 5.91 Å². The van der Waals surface area contributed by atoms with Gasteiger partial charge in [-0.15, -0.1) is 0 Å². The number of ether oxygens (including phenoxy) is 3. The van der Waals surface area contributed by atoms with E-state index in [2.05, 4.69) is 5.32 Å². The second-order valence-corrected chi connectivity index (χ2v) is 5.93. The average molecular weight is 342 g/mol. The molecule has 0 unspecified atom stereocenters. The number of hydrogen-bond donors (Lipinski definition) is 1. The van der Waals surface area contributed by atoms with Gasteiger partial charge in [-0.2, -0.15) is 0 Å². The monoisotopic (exact) mass is 342 g/mol. The van der Waals surface area contributed by atoms with E-state index in [1.165, 1.54) is 0 Å². The first-order valence-electron chi connectivity index (χ1n) is 8.15. The van der Waals surface area contributed by atoms with Crippen LogP contribution in [0.1, 0.15) is 5.56 Å². The number of benzene rings is 2. The fraction of sp³-hybridized carbons (Fsp3) is 0.316. The minimum Gasteiger partial charge on any atom is -0.497 e. The first-order valence-corrected chi connectivity index (χ1v) is 8.15. The van der Waals surface area contributed by atoms with Crippen LogP contribution in [0.25, 0.3) is 0 Å². The molecule has 0 saturated heterocycles. The Morgan fingerprint density at radius 1 is 1.12 bits per heavy atom. The van der Waals surface area contributed by atoms with Crippen molar-refractivity contribution in [3.05, 3.63) is 48.0 Å². The van der Waals surface area contributed by atoms with Crippen LogP contribution in [0.3, 0.4) is 0 Å². The highest BCUT2D eigenvalue weighted by Gasteiger charge is 2.13. The quantitative estimate of drug-likeness (QED) is 0.874. The highest BCUT2D eigenvalue weighted by molar-refractivity contribution is 5.92. The molecule has 1 aliphatic rings. The lowest BCUT2D eigenvalue weighted by Crippen LogP contribution is -2.29. The second kappa shape index (κ2) is 7.90. The zero-order valence-electron chi connectivity index (χ0n) is 14.5. The molecule has 1 heterocycles. The molecule has 0 atom stereocenters. The molecule has 0 bridgehead atoms. The summed E-state index contributed by atoms with van der Waals surface area (Å²) < 4.78 is 16.2. The third-order valence-corrected chi connectivity index (χ3v) is 3.85. The van der Waals surface area contributed by atoms with Gasteiger partial charge in [0.1, 0.15) is 19.0 Å². The van der Waals surface area contributed by atoms with Crippen molar-refractivity contribution in [1.29, 1.82) is 0 Å². The summed E-state index contributed by atoms with van der Waals surface area (Å²) in [6, 6.07) is 13.2. The van der Waals surface area contributed by atoms with E-state index in [-0.39, 0.29) is 5.91 Å². The van der Waals surface area contributed by atoms with Crippen molar-refractivity contribution in [1.82, 2.24) is 4.90 Å². The van der Waals surface area contributed by atoms with Crippen LogP contribution in [-0.4, -0.2) is 44.7 Å². The third-order valence-electron chi connectivity index (χ3n) is 3.85. The zero-order chi connectivity index (χ0) is 17.6. The summed E-state index contributed by atoms with van der Waals surface area (Å²) in [5, 5.41) is 2.89. The largest absolute Gasteiger partial charge is 0.497 e. The average Bonchev–Trinajstić information content (AvgIpc) is 2.62. The normalized spacial score (nSPS) is 12.8. The minimum absolute atomic E-state index is 0.0762. The third kappa shape index (κ3) is 4.64. The SMILES string of the molecule is COc1ccc(CN(C)CC(=O)Nc2ccc3c(c2)OCCO3)cc1. The van der Waals surface area contributed by atoms with Gasteiger partial charge in [0, 0.05) is 18.3 Å². The van der Waals surface area contributed by atoms with Gasteiger partial charge >= 0.3 is 0 Å². The van der Waals surface area contributed by atoms with E-state index in [4.69, 9.17) is 14.2 Å². The molecule has 3 rings (SSSR count). The summed E-state index contributed by atoms with van der Waals surface area (Å²) in [5.41, 5.74) is 1.82. The van der Waals surface area contributed by atoms with Crippen LogP contribution in [-0.2, 0) is 11.3 Å². The molecule has 1 amide bonds. The Balaban J connectivity index is 1.52. The standard InChI is InChI=1S/C19H22N2O4/c1-21(12-14-3-6-16(23-2)7-4-14)13-19(22)20-15-5-8-17-18(11-15)25-10-9-24-17/h3-8,11H,9-10,12-13H2,1-2H3,(H,20,22). The molecule has 0 aromatic heterocycles. The number of likely N-dealkylation sites (N-methyl/N-ethyl adjacent to an activating group) is 1. The van der Waals surface area contributed by atoms with Crippen LogP contribution in [0, 0.1) is 0 Å². The van der Waals surface area contributed by atoms with Crippen molar-refractivity contribution < 1.29 is 19.0 Å². The molecule has 0 radical (unpaired) electrons. The van der Waals surface area contributed by atoms with Crippen LogP contribution in [0.5, 0.6) is 17.2 Å². The zero-order valence-corrected chi connectivity index (χ0v) is 14.5. The van der Waals surface area contributed by atoms with Crippen molar-refractivity contribution in [2.45, 2.75) is 6.54 Å². The van der Waals surface area contributed by atoms with Gasteiger partial charge in [0.25, 0.3) is 0 Å². The molecule has 0 saturated carbocycles. The molecule has 6 heteroatoms. The Morgan fingerprint density at radius 3 is 2.56 bits per heavy atom. The molecule has 1 N–H and O–H groups in total. The van der Waals surface area contributed by atoms with Crippen molar-refractivity contribution in [2.24, 2.45) is 0 Å². The maximum Gasteiger partial charge on any atom is 0.238 e. The molecule has 0 aliphatic carbocycles. The van der Waals surface area contributed by atoms with Crippen LogP contribution >= 0.6 is 0 Å². The van der Waals surface area contributed by atoms with Crippen LogP contribution in [0.2, 0.25) is 0 Å². The summed E-state index contributed by atoms with van der Waals surface area (Å²) in [6.07, 6.45) is 0. The lowest BCUT2D eigenvalue weighted by atomic mass is 10.2. The number of hydrogen-bond acceptors (Lipinski definition) is 5. The number of nitrogens with zero attached hydrogens (tertiary/aromatic N) is 1. The summed E-state index contributed by atoms with van der Waals surface area (Å²) >= 11 is 0. The van der Waals surface area contributed by atoms with E-state index < -0.39 is 0 Å². The Labute approximate surface area is 147 Å². The van der Waals surface area contributed by atoms with Gasteiger partial charge in [0.15, 0.2) is 11.5 Å². The minimum atomic E-state index is -0.0762. The fourth-order valence-electron chi connectivity index (χ4n) is 2.67. The molecule has 6 nitrogen and oxygen atoms in total. The predicted octanol–water partition coefficient (Wildman–Crippen LogP) is 2.54. The Morgan fingerprint density at radius 2 is 1.84 bits per heavy atom. The lowest BCUT2D eigenvalue weighted by molar-refractivity contribution is -0.117. The number of rotatable bonds is 6. The number of methoxy groups -OCH3 is 1. The molecular weight excluding hydrogens is 320 g/mol. The first kappa shape index (κ1) is 17.1. The molecular formula is C19H22N2O4. The van der Waals surface area contributed by atoms with Crippen molar-refractivity contribution in [3.63, 3.8) is 0 Å². The van der Waals surface area contributed by atoms with Gasteiger partial charge in [-0.3, -0.25) is 9.69 Å². The van der Waals surface area contributed by atoms with Gasteiger partial charge in [0.05, 0.1) is 13.7 Å². The number of fused-ring (bicyclic) bond motifs is 1. The molecule has 0 spiro atoms. The fourth-order valence-corrected chi connectivity index (χ4v) is 2.67. The van der Waals surface area contributed by atoms with E-state index in [9.17, 15) is 4.79 Å². The number of nitrogens with one attached hydrogen (secondary N) is 1. The van der Waals surface area contributed by atoms with Crippen LogP contribution < -0.4 is 19.5 Å². The Bertz CT molecular complexity index is 731. The summed E-state index contributed by atoms with van der Waals surface area (Å²) in [7, 11) is 3.55. The van der Waals surface area contributed by atoms with Crippen molar-refractivity contribution >= 4 is 11.6 Å². The number of carbonyl (C=O) groups excluding carboxylic acids is 1. The topological polar surface area (TPSA) is 60.0 Å². The summed E-state index contributed by atoms with van der Waals surface area (Å²) in [4.78, 5) is 14.2. The Hall–Kier alpha value is -2.73. The molecule has 2 aromatic rings. The maximum absolute atomic E-state index is 12.2. The second-order valence-electron chi connectivity index (χ2n) is 5.93. The van der Waals surface area contributed by atoms with E-state index in [0.717, 1.165) is 11.3 Å². The summed E-state index contributed by atoms with van der Waals surface area (Å²) in [6.45, 7) is 2.04. The van der Waals surface area contributed by atoms with E-state index in [1.807, 2.05) is 48.3 Å². The van der Waals surface area contributed by atoms with E-state index >= 15 is 0 Å². The number of anilines is 1. The lowest BCUT2D eigenvalue weighted by Gasteiger charge is -2.20. The first-order chi connectivity index (χ1) is 12.1. The number of amides is 1. The van der Waals surface area contributed by atoms with E-state index in [0.29, 0.717) is 43.5 Å². The molecule has 2 aromatic carbocycles. The maximum atomic E-state index is 12.2. The summed E-state index contributed by atoms with van der Waals surface area (Å²) in [5.74, 6) is 2.12. The molecule has 25 heavy (non-hydrogen) atoms. The van der Waals surface area contributed by atoms with E-state index in [1.54, 1.807) is 13.2 Å².